The highest BCUT2D eigenvalue weighted by molar-refractivity contribution is 7.07. The summed E-state index contributed by atoms with van der Waals surface area (Å²) in [7, 11) is 0. The lowest BCUT2D eigenvalue weighted by Gasteiger charge is -2.18. The fourth-order valence-electron chi connectivity index (χ4n) is 4.08. The van der Waals surface area contributed by atoms with Crippen LogP contribution in [0.2, 0.25) is 0 Å². The summed E-state index contributed by atoms with van der Waals surface area (Å²) in [4.78, 5) is 17.6. The van der Waals surface area contributed by atoms with Crippen LogP contribution in [0.4, 0.5) is 11.4 Å². The van der Waals surface area contributed by atoms with Crippen molar-refractivity contribution in [2.75, 3.05) is 11.9 Å². The van der Waals surface area contributed by atoms with Crippen molar-refractivity contribution < 1.29 is 9.53 Å². The normalized spacial score (nSPS) is 16.4. The summed E-state index contributed by atoms with van der Waals surface area (Å²) >= 11 is 1.58. The fourth-order valence-corrected chi connectivity index (χ4v) is 4.92. The van der Waals surface area contributed by atoms with E-state index in [1.165, 1.54) is 36.1 Å². The Labute approximate surface area is 191 Å². The molecule has 1 aliphatic heterocycles. The number of amides is 1. The molecule has 0 unspecified atom stereocenters. The molecule has 2 aromatic carbocycles. The van der Waals surface area contributed by atoms with E-state index in [2.05, 4.69) is 30.6 Å². The molecule has 0 atom stereocenters. The Morgan fingerprint density at radius 3 is 2.78 bits per heavy atom. The Bertz CT molecular complexity index is 1280. The van der Waals surface area contributed by atoms with Gasteiger partial charge < -0.3 is 10.1 Å². The van der Waals surface area contributed by atoms with Crippen LogP contribution in [0, 0.1) is 13.8 Å². The van der Waals surface area contributed by atoms with Crippen molar-refractivity contribution in [3.8, 4) is 17.0 Å². The number of rotatable bonds is 3. The molecule has 2 aliphatic rings. The molecule has 0 spiro atoms. The molecule has 0 bridgehead atoms. The summed E-state index contributed by atoms with van der Waals surface area (Å²) < 4.78 is 7.50. The Morgan fingerprint density at radius 2 is 1.94 bits per heavy atom. The van der Waals surface area contributed by atoms with E-state index in [1.54, 1.807) is 11.3 Å². The molecule has 1 aliphatic carbocycles. The van der Waals surface area contributed by atoms with Crippen LogP contribution in [-0.4, -0.2) is 22.9 Å². The summed E-state index contributed by atoms with van der Waals surface area (Å²) in [5.41, 5.74) is 7.18. The van der Waals surface area contributed by atoms with Crippen LogP contribution in [-0.2, 0) is 4.79 Å². The number of benzene rings is 2. The minimum Gasteiger partial charge on any atom is -0.482 e. The van der Waals surface area contributed by atoms with Gasteiger partial charge >= 0.3 is 0 Å². The molecule has 0 saturated heterocycles. The van der Waals surface area contributed by atoms with Crippen molar-refractivity contribution in [3.63, 3.8) is 0 Å². The van der Waals surface area contributed by atoms with Gasteiger partial charge in [0.2, 0.25) is 4.80 Å². The summed E-state index contributed by atoms with van der Waals surface area (Å²) in [6.07, 6.45) is 5.69. The number of thiazole rings is 1. The summed E-state index contributed by atoms with van der Waals surface area (Å²) in [5, 5.41) is 10.1. The molecular weight excluding hydrogens is 420 g/mol. The first-order valence-corrected chi connectivity index (χ1v) is 11.9. The van der Waals surface area contributed by atoms with Gasteiger partial charge in [-0.1, -0.05) is 18.6 Å². The maximum absolute atomic E-state index is 11.8. The highest BCUT2D eigenvalue weighted by Crippen LogP contribution is 2.33. The third kappa shape index (κ3) is 4.12. The first-order valence-electron chi connectivity index (χ1n) is 11.0. The molecule has 0 radical (unpaired) electrons. The molecule has 2 heterocycles. The smallest absolute Gasteiger partial charge is 0.262 e. The highest BCUT2D eigenvalue weighted by Gasteiger charge is 2.18. The van der Waals surface area contributed by atoms with Crippen molar-refractivity contribution in [3.05, 3.63) is 57.7 Å². The standard InChI is InChI=1S/C25H26N4O2S/c1-16-7-6-10-20(17(16)2)27-25-29(28-19-8-4-3-5-9-19)22(15-32-25)18-11-12-23-21(13-18)26-24(30)14-31-23/h6-7,10-13,15H,3-5,8-9,14H2,1-2H3,(H,26,30). The number of hydrogen-bond acceptors (Lipinski definition) is 5. The summed E-state index contributed by atoms with van der Waals surface area (Å²) in [6.45, 7) is 4.26. The largest absolute Gasteiger partial charge is 0.482 e. The maximum atomic E-state index is 11.8. The van der Waals surface area contributed by atoms with Gasteiger partial charge in [0.15, 0.2) is 6.61 Å². The lowest BCUT2D eigenvalue weighted by atomic mass is 9.99. The van der Waals surface area contributed by atoms with Crippen molar-refractivity contribution in [2.45, 2.75) is 46.0 Å². The predicted octanol–water partition coefficient (Wildman–Crippen LogP) is 5.56. The first kappa shape index (κ1) is 20.7. The monoisotopic (exact) mass is 446 g/mol. The molecule has 1 fully saturated rings. The number of aryl methyl sites for hydroxylation is 1. The Hall–Kier alpha value is -3.19. The van der Waals surface area contributed by atoms with Crippen LogP contribution in [0.15, 0.2) is 51.9 Å². The van der Waals surface area contributed by atoms with Crippen LogP contribution >= 0.6 is 11.3 Å². The molecular formula is C25H26N4O2S. The number of carbonyl (C=O) groups excluding carboxylic acids is 1. The van der Waals surface area contributed by atoms with E-state index in [0.29, 0.717) is 11.4 Å². The number of nitrogens with one attached hydrogen (secondary N) is 1. The molecule has 3 aromatic rings. The summed E-state index contributed by atoms with van der Waals surface area (Å²) in [6, 6.07) is 12.1. The van der Waals surface area contributed by atoms with Crippen molar-refractivity contribution in [1.29, 1.82) is 0 Å². The third-order valence-corrected chi connectivity index (χ3v) is 6.87. The van der Waals surface area contributed by atoms with Gasteiger partial charge in [0.1, 0.15) is 5.75 Å². The highest BCUT2D eigenvalue weighted by atomic mass is 32.1. The number of fused-ring (bicyclic) bond motifs is 1. The fraction of sp³-hybridized carbons (Fsp3) is 0.320. The average Bonchev–Trinajstić information content (AvgIpc) is 3.19. The van der Waals surface area contributed by atoms with Crippen molar-refractivity contribution >= 4 is 34.3 Å². The van der Waals surface area contributed by atoms with Gasteiger partial charge in [0.05, 0.1) is 17.1 Å². The van der Waals surface area contributed by atoms with Crippen molar-refractivity contribution in [2.24, 2.45) is 10.1 Å². The number of nitrogens with zero attached hydrogens (tertiary/aromatic N) is 3. The van der Waals surface area contributed by atoms with Gasteiger partial charge in [-0.05, 0) is 74.9 Å². The Morgan fingerprint density at radius 1 is 1.09 bits per heavy atom. The zero-order chi connectivity index (χ0) is 22.1. The zero-order valence-corrected chi connectivity index (χ0v) is 19.2. The number of carbonyl (C=O) groups is 1. The van der Waals surface area contributed by atoms with E-state index in [0.717, 1.165) is 34.6 Å². The van der Waals surface area contributed by atoms with Gasteiger partial charge in [0.25, 0.3) is 5.91 Å². The third-order valence-electron chi connectivity index (χ3n) is 6.06. The second-order valence-electron chi connectivity index (χ2n) is 8.32. The average molecular weight is 447 g/mol. The van der Waals surface area contributed by atoms with Gasteiger partial charge in [0, 0.05) is 16.7 Å². The SMILES string of the molecule is Cc1cccc(N=c2scc(-c3ccc4c(c3)NC(=O)CO4)n2N=C2CCCCC2)c1C. The number of anilines is 1. The zero-order valence-electron chi connectivity index (χ0n) is 18.4. The quantitative estimate of drug-likeness (QED) is 0.572. The van der Waals surface area contributed by atoms with E-state index in [4.69, 9.17) is 14.8 Å². The van der Waals surface area contributed by atoms with Gasteiger partial charge in [-0.15, -0.1) is 11.3 Å². The Kier molecular flexibility index (Phi) is 5.66. The van der Waals surface area contributed by atoms with E-state index in [9.17, 15) is 4.79 Å². The van der Waals surface area contributed by atoms with Crippen LogP contribution in [0.25, 0.3) is 11.3 Å². The molecule has 1 saturated carbocycles. The summed E-state index contributed by atoms with van der Waals surface area (Å²) in [5.74, 6) is 0.551. The van der Waals surface area contributed by atoms with Gasteiger partial charge in [-0.25, -0.2) is 9.67 Å². The van der Waals surface area contributed by atoms with E-state index >= 15 is 0 Å². The van der Waals surface area contributed by atoms with E-state index < -0.39 is 0 Å². The van der Waals surface area contributed by atoms with Crippen LogP contribution in [0.5, 0.6) is 5.75 Å². The second-order valence-corrected chi connectivity index (χ2v) is 9.16. The lowest BCUT2D eigenvalue weighted by molar-refractivity contribution is -0.118. The maximum Gasteiger partial charge on any atom is 0.262 e. The van der Waals surface area contributed by atoms with E-state index in [-0.39, 0.29) is 12.5 Å². The molecule has 32 heavy (non-hydrogen) atoms. The number of aromatic nitrogens is 1. The number of hydrogen-bond donors (Lipinski definition) is 1. The first-order chi connectivity index (χ1) is 15.6. The minimum atomic E-state index is -0.138. The molecule has 5 rings (SSSR count). The molecule has 1 aromatic heterocycles. The van der Waals surface area contributed by atoms with E-state index in [1.807, 2.05) is 35.0 Å². The van der Waals surface area contributed by atoms with Crippen LogP contribution in [0.3, 0.4) is 0 Å². The molecule has 164 valence electrons. The minimum absolute atomic E-state index is 0.0529. The van der Waals surface area contributed by atoms with Crippen LogP contribution in [0.1, 0.15) is 43.2 Å². The van der Waals surface area contributed by atoms with Crippen LogP contribution < -0.4 is 14.9 Å². The lowest BCUT2D eigenvalue weighted by Crippen LogP contribution is -2.25. The molecule has 7 heteroatoms. The molecule has 1 amide bonds. The predicted molar refractivity (Wildman–Crippen MR) is 129 cm³/mol. The topological polar surface area (TPSA) is 68.0 Å². The van der Waals surface area contributed by atoms with Crippen molar-refractivity contribution in [1.82, 2.24) is 4.68 Å². The van der Waals surface area contributed by atoms with Gasteiger partial charge in [-0.3, -0.25) is 4.79 Å². The second kappa shape index (κ2) is 8.74. The number of ether oxygens (including phenoxy) is 1. The molecule has 1 N–H and O–H groups in total. The van der Waals surface area contributed by atoms with Gasteiger partial charge in [-0.2, -0.15) is 5.10 Å². The Balaban J connectivity index is 1.65. The molecule has 6 nitrogen and oxygen atoms in total.